The van der Waals surface area contributed by atoms with Crippen LogP contribution in [0, 0.1) is 6.92 Å². The summed E-state index contributed by atoms with van der Waals surface area (Å²) in [6.07, 6.45) is 3.28. The van der Waals surface area contributed by atoms with Crippen molar-refractivity contribution in [3.63, 3.8) is 0 Å². The van der Waals surface area contributed by atoms with E-state index >= 15 is 0 Å². The molecule has 3 amide bonds. The van der Waals surface area contributed by atoms with Gasteiger partial charge in [-0.15, -0.1) is 0 Å². The molecular formula is C14H17N3O4. The minimum atomic E-state index is -1.20. The number of aliphatic carboxylic acids is 1. The van der Waals surface area contributed by atoms with Crippen molar-refractivity contribution in [1.29, 1.82) is 0 Å². The number of amides is 3. The Kier molecular flexibility index (Phi) is 5.59. The number of hydrogen-bond acceptors (Lipinski definition) is 4. The van der Waals surface area contributed by atoms with E-state index in [0.717, 1.165) is 11.1 Å². The van der Waals surface area contributed by atoms with Crippen LogP contribution in [0.3, 0.4) is 0 Å². The molecule has 0 saturated heterocycles. The molecule has 0 aliphatic rings. The number of nitrogens with one attached hydrogen (secondary N) is 2. The fourth-order valence-corrected chi connectivity index (χ4v) is 1.45. The number of imide groups is 1. The predicted molar refractivity (Wildman–Crippen MR) is 75.4 cm³/mol. The number of pyridine rings is 1. The summed E-state index contributed by atoms with van der Waals surface area (Å²) in [4.78, 5) is 38.0. The maximum atomic E-state index is 11.7. The molecule has 7 nitrogen and oxygen atoms in total. The molecule has 1 rings (SSSR count). The van der Waals surface area contributed by atoms with E-state index in [9.17, 15) is 14.4 Å². The van der Waals surface area contributed by atoms with Crippen LogP contribution in [-0.4, -0.2) is 28.0 Å². The second kappa shape index (κ2) is 7.18. The lowest BCUT2D eigenvalue weighted by molar-refractivity contribution is -0.133. The third kappa shape index (κ3) is 4.72. The molecule has 0 radical (unpaired) electrons. The fourth-order valence-electron chi connectivity index (χ4n) is 1.45. The Morgan fingerprint density at radius 2 is 1.90 bits per heavy atom. The normalized spacial score (nSPS) is 11.4. The van der Waals surface area contributed by atoms with Crippen LogP contribution in [-0.2, 0) is 16.1 Å². The highest BCUT2D eigenvalue weighted by Crippen LogP contribution is 2.05. The summed E-state index contributed by atoms with van der Waals surface area (Å²) in [6.45, 7) is 4.75. The average Bonchev–Trinajstić information content (AvgIpc) is 2.44. The SMILES string of the molecule is C/C(C(=O)O)=C(/C)C(=O)NC(=O)NCc1ccncc1C. The average molecular weight is 291 g/mol. The zero-order chi connectivity index (χ0) is 16.0. The maximum Gasteiger partial charge on any atom is 0.331 e. The standard InChI is InChI=1S/C14H17N3O4/c1-8-6-15-5-4-11(8)7-16-14(21)17-12(18)9(2)10(3)13(19)20/h4-6H,7H2,1-3H3,(H,19,20)(H2,16,17,18,21)/b10-9+. The zero-order valence-electron chi connectivity index (χ0n) is 12.1. The van der Waals surface area contributed by atoms with Gasteiger partial charge in [0.2, 0.25) is 0 Å². The third-order valence-corrected chi connectivity index (χ3v) is 3.03. The molecule has 0 aliphatic carbocycles. The monoisotopic (exact) mass is 291 g/mol. The van der Waals surface area contributed by atoms with Gasteiger partial charge in [0.25, 0.3) is 5.91 Å². The molecule has 0 atom stereocenters. The van der Waals surface area contributed by atoms with Crippen molar-refractivity contribution in [2.75, 3.05) is 0 Å². The smallest absolute Gasteiger partial charge is 0.331 e. The van der Waals surface area contributed by atoms with Crippen molar-refractivity contribution in [2.24, 2.45) is 0 Å². The van der Waals surface area contributed by atoms with E-state index in [2.05, 4.69) is 15.6 Å². The Balaban J connectivity index is 2.59. The molecule has 0 unspecified atom stereocenters. The molecule has 0 bridgehead atoms. The maximum absolute atomic E-state index is 11.7. The second-order valence-corrected chi connectivity index (χ2v) is 4.49. The van der Waals surface area contributed by atoms with Crippen LogP contribution in [0.25, 0.3) is 0 Å². The first-order valence-corrected chi connectivity index (χ1v) is 6.22. The van der Waals surface area contributed by atoms with Crippen LogP contribution in [0.2, 0.25) is 0 Å². The molecule has 0 aliphatic heterocycles. The lowest BCUT2D eigenvalue weighted by atomic mass is 10.1. The number of carboxylic acids is 1. The number of rotatable bonds is 4. The second-order valence-electron chi connectivity index (χ2n) is 4.49. The van der Waals surface area contributed by atoms with Gasteiger partial charge in [-0.1, -0.05) is 0 Å². The molecule has 0 fully saturated rings. The number of carbonyl (C=O) groups excluding carboxylic acids is 2. The number of hydrogen-bond donors (Lipinski definition) is 3. The Morgan fingerprint density at radius 1 is 1.24 bits per heavy atom. The molecule has 0 saturated carbocycles. The number of carbonyl (C=O) groups is 3. The topological polar surface area (TPSA) is 108 Å². The lowest BCUT2D eigenvalue weighted by Crippen LogP contribution is -2.39. The summed E-state index contributed by atoms with van der Waals surface area (Å²) < 4.78 is 0. The molecule has 3 N–H and O–H groups in total. The van der Waals surface area contributed by atoms with Crippen LogP contribution in [0.1, 0.15) is 25.0 Å². The van der Waals surface area contributed by atoms with E-state index in [-0.39, 0.29) is 17.7 Å². The van der Waals surface area contributed by atoms with Gasteiger partial charge in [0, 0.05) is 30.1 Å². The van der Waals surface area contributed by atoms with Crippen LogP contribution >= 0.6 is 0 Å². The van der Waals surface area contributed by atoms with E-state index in [1.54, 1.807) is 18.5 Å². The van der Waals surface area contributed by atoms with Gasteiger partial charge in [-0.2, -0.15) is 0 Å². The van der Waals surface area contributed by atoms with Crippen molar-refractivity contribution < 1.29 is 19.5 Å². The Bertz CT molecular complexity index is 608. The minimum absolute atomic E-state index is 0.0160. The van der Waals surface area contributed by atoms with E-state index in [0.29, 0.717) is 0 Å². The molecule has 7 heteroatoms. The Morgan fingerprint density at radius 3 is 2.48 bits per heavy atom. The largest absolute Gasteiger partial charge is 0.478 e. The van der Waals surface area contributed by atoms with Crippen LogP contribution in [0.4, 0.5) is 4.79 Å². The molecule has 1 aromatic rings. The predicted octanol–water partition coefficient (Wildman–Crippen LogP) is 1.14. The van der Waals surface area contributed by atoms with Gasteiger partial charge >= 0.3 is 12.0 Å². The molecule has 1 aromatic heterocycles. The molecular weight excluding hydrogens is 274 g/mol. The molecule has 1 heterocycles. The van der Waals surface area contributed by atoms with Crippen molar-refractivity contribution in [3.8, 4) is 0 Å². The number of carboxylic acid groups (broad SMARTS) is 1. The van der Waals surface area contributed by atoms with E-state index in [1.165, 1.54) is 13.8 Å². The Labute approximate surface area is 122 Å². The minimum Gasteiger partial charge on any atom is -0.478 e. The summed E-state index contributed by atoms with van der Waals surface area (Å²) in [5.41, 5.74) is 1.67. The summed E-state index contributed by atoms with van der Waals surface area (Å²) in [7, 11) is 0. The highest BCUT2D eigenvalue weighted by Gasteiger charge is 2.15. The Hall–Kier alpha value is -2.70. The summed E-state index contributed by atoms with van der Waals surface area (Å²) >= 11 is 0. The molecule has 0 aromatic carbocycles. The summed E-state index contributed by atoms with van der Waals surface area (Å²) in [5, 5.41) is 13.4. The van der Waals surface area contributed by atoms with Crippen molar-refractivity contribution >= 4 is 17.9 Å². The van der Waals surface area contributed by atoms with Crippen molar-refractivity contribution in [3.05, 3.63) is 40.7 Å². The van der Waals surface area contributed by atoms with Crippen LogP contribution in [0.5, 0.6) is 0 Å². The molecule has 0 spiro atoms. The van der Waals surface area contributed by atoms with Gasteiger partial charge in [0.05, 0.1) is 0 Å². The fraction of sp³-hybridized carbons (Fsp3) is 0.286. The highest BCUT2D eigenvalue weighted by molar-refractivity contribution is 6.07. The van der Waals surface area contributed by atoms with Gasteiger partial charge < -0.3 is 10.4 Å². The van der Waals surface area contributed by atoms with E-state index < -0.39 is 17.9 Å². The number of nitrogens with zero attached hydrogens (tertiary/aromatic N) is 1. The van der Waals surface area contributed by atoms with Gasteiger partial charge in [-0.3, -0.25) is 15.1 Å². The highest BCUT2D eigenvalue weighted by atomic mass is 16.4. The summed E-state index contributed by atoms with van der Waals surface area (Å²) in [5.74, 6) is -1.94. The van der Waals surface area contributed by atoms with E-state index in [1.807, 2.05) is 6.92 Å². The van der Waals surface area contributed by atoms with Crippen LogP contribution in [0.15, 0.2) is 29.6 Å². The first-order chi connectivity index (χ1) is 9.82. The third-order valence-electron chi connectivity index (χ3n) is 3.03. The first kappa shape index (κ1) is 16.4. The zero-order valence-corrected chi connectivity index (χ0v) is 12.1. The van der Waals surface area contributed by atoms with E-state index in [4.69, 9.17) is 5.11 Å². The first-order valence-electron chi connectivity index (χ1n) is 6.22. The summed E-state index contributed by atoms with van der Waals surface area (Å²) in [6, 6.07) is 1.07. The quantitative estimate of drug-likeness (QED) is 0.721. The van der Waals surface area contributed by atoms with Crippen molar-refractivity contribution in [1.82, 2.24) is 15.6 Å². The van der Waals surface area contributed by atoms with Gasteiger partial charge in [0.1, 0.15) is 0 Å². The number of urea groups is 1. The molecule has 112 valence electrons. The van der Waals surface area contributed by atoms with Gasteiger partial charge in [-0.25, -0.2) is 9.59 Å². The number of aryl methyl sites for hydroxylation is 1. The molecule has 21 heavy (non-hydrogen) atoms. The van der Waals surface area contributed by atoms with Gasteiger partial charge in [-0.05, 0) is 38.0 Å². The number of aromatic nitrogens is 1. The lowest BCUT2D eigenvalue weighted by Gasteiger charge is -2.09. The van der Waals surface area contributed by atoms with Crippen molar-refractivity contribution in [2.45, 2.75) is 27.3 Å². The van der Waals surface area contributed by atoms with Crippen LogP contribution < -0.4 is 10.6 Å². The van der Waals surface area contributed by atoms with Gasteiger partial charge in [0.15, 0.2) is 0 Å².